The van der Waals surface area contributed by atoms with Crippen molar-refractivity contribution in [1.82, 2.24) is 9.88 Å². The molecule has 0 bridgehead atoms. The number of fused-ring (bicyclic) bond motifs is 1. The molecule has 122 valence electrons. The van der Waals surface area contributed by atoms with Gasteiger partial charge in [-0.3, -0.25) is 9.88 Å². The Labute approximate surface area is 142 Å². The van der Waals surface area contributed by atoms with Crippen LogP contribution in [-0.2, 0) is 11.2 Å². The molecule has 4 rings (SSSR count). The lowest BCUT2D eigenvalue weighted by atomic mass is 9.97. The molecule has 0 unspecified atom stereocenters. The fourth-order valence-corrected chi connectivity index (χ4v) is 3.38. The molecule has 1 aliphatic heterocycles. The highest BCUT2D eigenvalue weighted by atomic mass is 16.5. The summed E-state index contributed by atoms with van der Waals surface area (Å²) in [6.07, 6.45) is 4.88. The lowest BCUT2D eigenvalue weighted by molar-refractivity contribution is 0.0384. The molecular weight excluding hydrogens is 296 g/mol. The highest BCUT2D eigenvalue weighted by Gasteiger charge is 2.10. The minimum Gasteiger partial charge on any atom is -0.379 e. The summed E-state index contributed by atoms with van der Waals surface area (Å²) in [6.45, 7) is 4.94. The van der Waals surface area contributed by atoms with E-state index < -0.39 is 0 Å². The van der Waals surface area contributed by atoms with Crippen LogP contribution in [0.1, 0.15) is 5.56 Å². The van der Waals surface area contributed by atoms with Crippen molar-refractivity contribution in [2.45, 2.75) is 6.42 Å². The molecule has 1 aliphatic rings. The number of aromatic nitrogens is 1. The van der Waals surface area contributed by atoms with Gasteiger partial charge in [-0.05, 0) is 34.6 Å². The van der Waals surface area contributed by atoms with E-state index in [0.29, 0.717) is 0 Å². The van der Waals surface area contributed by atoms with Crippen molar-refractivity contribution in [3.63, 3.8) is 0 Å². The number of nitrogens with zero attached hydrogens (tertiary/aromatic N) is 2. The predicted octanol–water partition coefficient (Wildman–Crippen LogP) is 3.78. The van der Waals surface area contributed by atoms with Crippen LogP contribution in [0.25, 0.3) is 21.9 Å². The first-order chi connectivity index (χ1) is 11.9. The Balaban J connectivity index is 1.57. The highest BCUT2D eigenvalue weighted by molar-refractivity contribution is 5.96. The number of pyridine rings is 1. The van der Waals surface area contributed by atoms with Gasteiger partial charge in [0.25, 0.3) is 0 Å². The van der Waals surface area contributed by atoms with Crippen molar-refractivity contribution in [2.24, 2.45) is 0 Å². The third-order valence-electron chi connectivity index (χ3n) is 4.74. The number of morpholine rings is 1. The Bertz CT molecular complexity index is 819. The average Bonchev–Trinajstić information content (AvgIpc) is 2.67. The Morgan fingerprint density at radius 1 is 1.00 bits per heavy atom. The van der Waals surface area contributed by atoms with Crippen LogP contribution in [0.5, 0.6) is 0 Å². The molecule has 0 atom stereocenters. The number of rotatable bonds is 4. The van der Waals surface area contributed by atoms with Crippen molar-refractivity contribution in [3.05, 3.63) is 66.5 Å². The first-order valence-corrected chi connectivity index (χ1v) is 8.62. The average molecular weight is 318 g/mol. The second kappa shape index (κ2) is 7.12. The zero-order valence-corrected chi connectivity index (χ0v) is 13.8. The van der Waals surface area contributed by atoms with Crippen LogP contribution in [0.4, 0.5) is 0 Å². The number of hydrogen-bond acceptors (Lipinski definition) is 3. The van der Waals surface area contributed by atoms with Gasteiger partial charge in [0.2, 0.25) is 0 Å². The van der Waals surface area contributed by atoms with Crippen molar-refractivity contribution in [2.75, 3.05) is 32.8 Å². The molecule has 0 spiro atoms. The summed E-state index contributed by atoms with van der Waals surface area (Å²) in [5, 5.41) is 2.45. The smallest absolute Gasteiger partial charge is 0.0594 e. The van der Waals surface area contributed by atoms with E-state index >= 15 is 0 Å². The molecule has 2 aromatic carbocycles. The molecule has 3 heteroatoms. The van der Waals surface area contributed by atoms with E-state index in [4.69, 9.17) is 4.74 Å². The number of ether oxygens (including phenoxy) is 1. The third-order valence-corrected chi connectivity index (χ3v) is 4.74. The van der Waals surface area contributed by atoms with Crippen LogP contribution >= 0.6 is 0 Å². The van der Waals surface area contributed by atoms with E-state index in [1.807, 2.05) is 12.4 Å². The van der Waals surface area contributed by atoms with Gasteiger partial charge in [0.1, 0.15) is 0 Å². The Hall–Kier alpha value is -2.23. The first kappa shape index (κ1) is 15.3. The maximum atomic E-state index is 5.42. The molecule has 0 N–H and O–H groups in total. The maximum Gasteiger partial charge on any atom is 0.0594 e. The van der Waals surface area contributed by atoms with Gasteiger partial charge in [-0.15, -0.1) is 0 Å². The molecule has 3 aromatic rings. The summed E-state index contributed by atoms with van der Waals surface area (Å²) >= 11 is 0. The van der Waals surface area contributed by atoms with Gasteiger partial charge < -0.3 is 4.74 Å². The highest BCUT2D eigenvalue weighted by Crippen LogP contribution is 2.28. The van der Waals surface area contributed by atoms with E-state index in [1.165, 1.54) is 27.5 Å². The standard InChI is InChI=1S/C21H22N2O/c1-3-17(8-10-23-11-13-24-14-12-23)15-18(4-1)20-6-2-5-19-16-22-9-7-21(19)20/h1-7,9,15-16H,8,10-14H2. The Kier molecular flexibility index (Phi) is 4.54. The number of benzene rings is 2. The van der Waals surface area contributed by atoms with Crippen LogP contribution in [0.2, 0.25) is 0 Å². The molecular formula is C21H22N2O. The second-order valence-corrected chi connectivity index (χ2v) is 6.31. The van der Waals surface area contributed by atoms with Gasteiger partial charge in [0.15, 0.2) is 0 Å². The monoisotopic (exact) mass is 318 g/mol. The molecule has 2 heterocycles. The molecule has 0 amide bonds. The zero-order valence-electron chi connectivity index (χ0n) is 13.8. The minimum absolute atomic E-state index is 0.865. The predicted molar refractivity (Wildman–Crippen MR) is 98.1 cm³/mol. The van der Waals surface area contributed by atoms with Crippen molar-refractivity contribution in [3.8, 4) is 11.1 Å². The van der Waals surface area contributed by atoms with E-state index in [-0.39, 0.29) is 0 Å². The Morgan fingerprint density at radius 2 is 1.88 bits per heavy atom. The third kappa shape index (κ3) is 3.32. The Morgan fingerprint density at radius 3 is 2.79 bits per heavy atom. The summed E-state index contributed by atoms with van der Waals surface area (Å²) < 4.78 is 5.42. The fourth-order valence-electron chi connectivity index (χ4n) is 3.38. The van der Waals surface area contributed by atoms with Crippen LogP contribution < -0.4 is 0 Å². The summed E-state index contributed by atoms with van der Waals surface area (Å²) in [6, 6.07) is 17.5. The lowest BCUT2D eigenvalue weighted by Crippen LogP contribution is -2.37. The lowest BCUT2D eigenvalue weighted by Gasteiger charge is -2.26. The summed E-state index contributed by atoms with van der Waals surface area (Å²) in [5.41, 5.74) is 3.96. The second-order valence-electron chi connectivity index (χ2n) is 6.31. The summed E-state index contributed by atoms with van der Waals surface area (Å²) in [7, 11) is 0. The largest absolute Gasteiger partial charge is 0.379 e. The quantitative estimate of drug-likeness (QED) is 0.732. The van der Waals surface area contributed by atoms with Crippen LogP contribution in [-0.4, -0.2) is 42.7 Å². The van der Waals surface area contributed by atoms with Gasteiger partial charge >= 0.3 is 0 Å². The van der Waals surface area contributed by atoms with Gasteiger partial charge in [-0.2, -0.15) is 0 Å². The molecule has 1 saturated heterocycles. The fraction of sp³-hybridized carbons (Fsp3) is 0.286. The normalized spacial score (nSPS) is 15.7. The van der Waals surface area contributed by atoms with Crippen molar-refractivity contribution < 1.29 is 4.74 Å². The molecule has 1 fully saturated rings. The van der Waals surface area contributed by atoms with Crippen LogP contribution in [0.3, 0.4) is 0 Å². The molecule has 0 saturated carbocycles. The van der Waals surface area contributed by atoms with E-state index in [0.717, 1.165) is 39.3 Å². The SMILES string of the molecule is c1cc(CCN2CCOCC2)cc(-c2cccc3cnccc23)c1. The van der Waals surface area contributed by atoms with Crippen molar-refractivity contribution in [1.29, 1.82) is 0 Å². The van der Waals surface area contributed by atoms with E-state index in [9.17, 15) is 0 Å². The van der Waals surface area contributed by atoms with Crippen LogP contribution in [0, 0.1) is 0 Å². The van der Waals surface area contributed by atoms with Crippen LogP contribution in [0.15, 0.2) is 60.9 Å². The van der Waals surface area contributed by atoms with Gasteiger partial charge in [-0.1, -0.05) is 42.5 Å². The molecule has 24 heavy (non-hydrogen) atoms. The topological polar surface area (TPSA) is 25.4 Å². The maximum absolute atomic E-state index is 5.42. The van der Waals surface area contributed by atoms with E-state index in [1.54, 1.807) is 0 Å². The van der Waals surface area contributed by atoms with Gasteiger partial charge in [0, 0.05) is 37.4 Å². The first-order valence-electron chi connectivity index (χ1n) is 8.62. The minimum atomic E-state index is 0.865. The molecule has 1 aromatic heterocycles. The van der Waals surface area contributed by atoms with Gasteiger partial charge in [0.05, 0.1) is 13.2 Å². The van der Waals surface area contributed by atoms with E-state index in [2.05, 4.69) is 58.4 Å². The van der Waals surface area contributed by atoms with Gasteiger partial charge in [-0.25, -0.2) is 0 Å². The summed E-state index contributed by atoms with van der Waals surface area (Å²) in [4.78, 5) is 6.72. The molecule has 0 aliphatic carbocycles. The molecule has 3 nitrogen and oxygen atoms in total. The number of hydrogen-bond donors (Lipinski definition) is 0. The summed E-state index contributed by atoms with van der Waals surface area (Å²) in [5.74, 6) is 0. The van der Waals surface area contributed by atoms with Crippen molar-refractivity contribution >= 4 is 10.8 Å². The molecule has 0 radical (unpaired) electrons. The zero-order chi connectivity index (χ0) is 16.2.